The molecule has 1 amide bonds. The predicted molar refractivity (Wildman–Crippen MR) is 119 cm³/mol. The van der Waals surface area contributed by atoms with Gasteiger partial charge in [-0.1, -0.05) is 42.5 Å². The Hall–Kier alpha value is -3.21. The number of nitrogens with zero attached hydrogens (tertiary/aromatic N) is 3. The van der Waals surface area contributed by atoms with E-state index in [1.54, 1.807) is 12.4 Å². The summed E-state index contributed by atoms with van der Waals surface area (Å²) in [6.45, 7) is 2.98. The molecule has 0 spiro atoms. The van der Waals surface area contributed by atoms with Gasteiger partial charge in [0.2, 0.25) is 5.91 Å². The van der Waals surface area contributed by atoms with Gasteiger partial charge in [-0.3, -0.25) is 14.6 Å². The first-order chi connectivity index (χ1) is 14.7. The summed E-state index contributed by atoms with van der Waals surface area (Å²) >= 11 is 0. The van der Waals surface area contributed by atoms with Gasteiger partial charge in [-0.15, -0.1) is 0 Å². The molecule has 0 saturated carbocycles. The van der Waals surface area contributed by atoms with Gasteiger partial charge in [-0.05, 0) is 36.1 Å². The second kappa shape index (κ2) is 9.53. The van der Waals surface area contributed by atoms with Gasteiger partial charge in [0, 0.05) is 62.7 Å². The van der Waals surface area contributed by atoms with Crippen LogP contribution in [0.2, 0.25) is 0 Å². The highest BCUT2D eigenvalue weighted by Gasteiger charge is 2.22. The van der Waals surface area contributed by atoms with Crippen LogP contribution in [0.1, 0.15) is 41.6 Å². The van der Waals surface area contributed by atoms with Crippen LogP contribution in [0.5, 0.6) is 0 Å². The Labute approximate surface area is 177 Å². The summed E-state index contributed by atoms with van der Waals surface area (Å²) in [5.41, 5.74) is 4.15. The van der Waals surface area contributed by atoms with Crippen LogP contribution in [-0.4, -0.2) is 47.8 Å². The van der Waals surface area contributed by atoms with E-state index in [1.807, 2.05) is 41.3 Å². The van der Waals surface area contributed by atoms with E-state index < -0.39 is 0 Å². The lowest BCUT2D eigenvalue weighted by Crippen LogP contribution is -2.48. The van der Waals surface area contributed by atoms with Crippen molar-refractivity contribution < 1.29 is 9.59 Å². The maximum absolute atomic E-state index is 12.6. The number of pyridine rings is 1. The minimum absolute atomic E-state index is 0.0264. The minimum atomic E-state index is 0.0264. The Balaban J connectivity index is 1.25. The summed E-state index contributed by atoms with van der Waals surface area (Å²) in [4.78, 5) is 33.3. The zero-order chi connectivity index (χ0) is 20.8. The fourth-order valence-electron chi connectivity index (χ4n) is 3.97. The lowest BCUT2D eigenvalue weighted by molar-refractivity contribution is -0.131. The predicted octanol–water partition coefficient (Wildman–Crippen LogP) is 4.13. The zero-order valence-electron chi connectivity index (χ0n) is 17.2. The average molecular weight is 402 g/mol. The quantitative estimate of drug-likeness (QED) is 0.683. The van der Waals surface area contributed by atoms with Crippen molar-refractivity contribution in [2.45, 2.75) is 25.7 Å². The number of aromatic nitrogens is 1. The van der Waals surface area contributed by atoms with E-state index in [4.69, 9.17) is 0 Å². The van der Waals surface area contributed by atoms with E-state index in [0.29, 0.717) is 18.7 Å². The highest BCUT2D eigenvalue weighted by atomic mass is 16.2. The van der Waals surface area contributed by atoms with Crippen LogP contribution in [0.15, 0.2) is 67.0 Å². The van der Waals surface area contributed by atoms with Crippen LogP contribution in [0.25, 0.3) is 5.57 Å². The number of Topliss-reactive ketones (excluding diaryl/α,β-unsaturated/α-hetero) is 1. The molecular formula is C25H27N3O2. The number of rotatable bonds is 6. The molecule has 0 bridgehead atoms. The van der Waals surface area contributed by atoms with E-state index in [2.05, 4.69) is 28.1 Å². The SMILES string of the molecule is O=C(CCC(=O)N1CCN(c2ccncc2)CC1)c1ccc(C2=CCCC=C2)cc1. The molecule has 0 N–H and O–H groups in total. The molecule has 1 aromatic heterocycles. The van der Waals surface area contributed by atoms with Crippen LogP contribution in [0, 0.1) is 0 Å². The number of hydrogen-bond donors (Lipinski definition) is 0. The maximum Gasteiger partial charge on any atom is 0.223 e. The molecule has 5 heteroatoms. The molecule has 2 aromatic rings. The van der Waals surface area contributed by atoms with Gasteiger partial charge in [0.05, 0.1) is 0 Å². The first-order valence-electron chi connectivity index (χ1n) is 10.6. The summed E-state index contributed by atoms with van der Waals surface area (Å²) in [5.74, 6) is 0.0883. The number of hydrogen-bond acceptors (Lipinski definition) is 4. The molecule has 154 valence electrons. The Morgan fingerprint density at radius 1 is 0.867 bits per heavy atom. The van der Waals surface area contributed by atoms with Gasteiger partial charge in [-0.2, -0.15) is 0 Å². The van der Waals surface area contributed by atoms with Crippen LogP contribution >= 0.6 is 0 Å². The van der Waals surface area contributed by atoms with Crippen molar-refractivity contribution in [2.24, 2.45) is 0 Å². The van der Waals surface area contributed by atoms with Gasteiger partial charge in [0.15, 0.2) is 5.78 Å². The van der Waals surface area contributed by atoms with Crippen molar-refractivity contribution in [3.63, 3.8) is 0 Å². The Morgan fingerprint density at radius 2 is 1.60 bits per heavy atom. The monoisotopic (exact) mass is 401 g/mol. The third kappa shape index (κ3) is 4.85. The Kier molecular flexibility index (Phi) is 6.38. The zero-order valence-corrected chi connectivity index (χ0v) is 17.2. The van der Waals surface area contributed by atoms with Crippen molar-refractivity contribution in [3.8, 4) is 0 Å². The van der Waals surface area contributed by atoms with Crippen LogP contribution in [-0.2, 0) is 4.79 Å². The fourth-order valence-corrected chi connectivity index (χ4v) is 3.97. The Morgan fingerprint density at radius 3 is 2.27 bits per heavy atom. The highest BCUT2D eigenvalue weighted by molar-refractivity contribution is 5.98. The van der Waals surface area contributed by atoms with Crippen molar-refractivity contribution in [1.29, 1.82) is 0 Å². The molecule has 0 atom stereocenters. The molecule has 2 aliphatic rings. The number of carbonyl (C=O) groups excluding carboxylic acids is 2. The van der Waals surface area contributed by atoms with Gasteiger partial charge in [0.25, 0.3) is 0 Å². The van der Waals surface area contributed by atoms with Gasteiger partial charge in [0.1, 0.15) is 0 Å². The van der Waals surface area contributed by atoms with Crippen molar-refractivity contribution in [2.75, 3.05) is 31.1 Å². The molecule has 1 fully saturated rings. The third-order valence-corrected chi connectivity index (χ3v) is 5.76. The molecule has 1 aliphatic carbocycles. The van der Waals surface area contributed by atoms with E-state index in [0.717, 1.165) is 37.2 Å². The van der Waals surface area contributed by atoms with Crippen LogP contribution in [0.4, 0.5) is 5.69 Å². The molecule has 0 unspecified atom stereocenters. The summed E-state index contributed by atoms with van der Waals surface area (Å²) in [5, 5.41) is 0. The number of piperazine rings is 1. The van der Waals surface area contributed by atoms with E-state index in [9.17, 15) is 9.59 Å². The molecule has 1 aromatic carbocycles. The van der Waals surface area contributed by atoms with Gasteiger partial charge in [-0.25, -0.2) is 0 Å². The van der Waals surface area contributed by atoms with Crippen molar-refractivity contribution in [3.05, 3.63) is 78.1 Å². The second-order valence-electron chi connectivity index (χ2n) is 7.71. The molecule has 0 radical (unpaired) electrons. The van der Waals surface area contributed by atoms with Crippen LogP contribution < -0.4 is 4.90 Å². The molecule has 1 saturated heterocycles. The van der Waals surface area contributed by atoms with Crippen LogP contribution in [0.3, 0.4) is 0 Å². The molecule has 30 heavy (non-hydrogen) atoms. The minimum Gasteiger partial charge on any atom is -0.368 e. The summed E-state index contributed by atoms with van der Waals surface area (Å²) in [6.07, 6.45) is 12.8. The number of anilines is 1. The molecule has 5 nitrogen and oxygen atoms in total. The molecule has 2 heterocycles. The summed E-state index contributed by atoms with van der Waals surface area (Å²) < 4.78 is 0. The topological polar surface area (TPSA) is 53.5 Å². The number of amides is 1. The van der Waals surface area contributed by atoms with E-state index in [-0.39, 0.29) is 24.5 Å². The lowest BCUT2D eigenvalue weighted by atomic mass is 9.97. The average Bonchev–Trinajstić information content (AvgIpc) is 2.83. The molecule has 4 rings (SSSR count). The Bertz CT molecular complexity index is 940. The fraction of sp³-hybridized carbons (Fsp3) is 0.320. The van der Waals surface area contributed by atoms with E-state index in [1.165, 1.54) is 5.57 Å². The largest absolute Gasteiger partial charge is 0.368 e. The van der Waals surface area contributed by atoms with Crippen molar-refractivity contribution >= 4 is 23.0 Å². The summed E-state index contributed by atoms with van der Waals surface area (Å²) in [7, 11) is 0. The summed E-state index contributed by atoms with van der Waals surface area (Å²) in [6, 6.07) is 11.7. The van der Waals surface area contributed by atoms with Gasteiger partial charge >= 0.3 is 0 Å². The lowest BCUT2D eigenvalue weighted by Gasteiger charge is -2.36. The van der Waals surface area contributed by atoms with Crippen molar-refractivity contribution in [1.82, 2.24) is 9.88 Å². The first kappa shape index (κ1) is 20.1. The first-order valence-corrected chi connectivity index (χ1v) is 10.6. The molecular weight excluding hydrogens is 374 g/mol. The second-order valence-corrected chi connectivity index (χ2v) is 7.71. The van der Waals surface area contributed by atoms with Gasteiger partial charge < -0.3 is 9.80 Å². The maximum atomic E-state index is 12.6. The number of carbonyl (C=O) groups is 2. The number of benzene rings is 1. The highest BCUT2D eigenvalue weighted by Crippen LogP contribution is 2.22. The third-order valence-electron chi connectivity index (χ3n) is 5.76. The van der Waals surface area contributed by atoms with E-state index >= 15 is 0 Å². The normalized spacial score (nSPS) is 16.3. The number of allylic oxidation sites excluding steroid dienone is 4. The number of ketones is 1. The molecule has 1 aliphatic heterocycles. The standard InChI is InChI=1S/C25H27N3O2/c29-24(22-8-6-21(7-9-22)20-4-2-1-3-5-20)10-11-25(30)28-18-16-27(17-19-28)23-12-14-26-15-13-23/h2,4-9,12-15H,1,3,10-11,16-19H2. The smallest absolute Gasteiger partial charge is 0.223 e.